The standard InChI is InChI=1S/C8H15F2N/c1-7(9,10)8(5-6-11)3-2-4-8/h2-6,11H2,1H3. The summed E-state index contributed by atoms with van der Waals surface area (Å²) in [5.74, 6) is -2.54. The fourth-order valence-corrected chi connectivity index (χ4v) is 1.79. The molecule has 1 aliphatic carbocycles. The fourth-order valence-electron chi connectivity index (χ4n) is 1.79. The number of alkyl halides is 2. The molecule has 1 saturated carbocycles. The third-order valence-corrected chi connectivity index (χ3v) is 2.86. The fraction of sp³-hybridized carbons (Fsp3) is 1.00. The summed E-state index contributed by atoms with van der Waals surface area (Å²) in [6.07, 6.45) is 2.70. The molecule has 0 unspecified atom stereocenters. The first kappa shape index (κ1) is 8.91. The van der Waals surface area contributed by atoms with E-state index in [1.165, 1.54) is 0 Å². The van der Waals surface area contributed by atoms with Crippen LogP contribution in [0.3, 0.4) is 0 Å². The predicted molar refractivity (Wildman–Crippen MR) is 40.6 cm³/mol. The van der Waals surface area contributed by atoms with Gasteiger partial charge in [0, 0.05) is 5.41 Å². The van der Waals surface area contributed by atoms with Crippen LogP contribution in [-0.4, -0.2) is 12.5 Å². The van der Waals surface area contributed by atoms with Crippen molar-refractivity contribution in [3.8, 4) is 0 Å². The maximum atomic E-state index is 13.0. The predicted octanol–water partition coefficient (Wildman–Crippen LogP) is 2.16. The van der Waals surface area contributed by atoms with Gasteiger partial charge in [0.2, 0.25) is 0 Å². The Kier molecular flexibility index (Phi) is 2.19. The minimum Gasteiger partial charge on any atom is -0.330 e. The normalized spacial score (nSPS) is 22.9. The van der Waals surface area contributed by atoms with Gasteiger partial charge < -0.3 is 5.73 Å². The van der Waals surface area contributed by atoms with E-state index in [1.54, 1.807) is 0 Å². The van der Waals surface area contributed by atoms with E-state index in [-0.39, 0.29) is 0 Å². The average molecular weight is 163 g/mol. The number of hydrogen-bond donors (Lipinski definition) is 1. The second kappa shape index (κ2) is 2.70. The van der Waals surface area contributed by atoms with Crippen molar-refractivity contribution < 1.29 is 8.78 Å². The number of rotatable bonds is 3. The van der Waals surface area contributed by atoms with Crippen molar-refractivity contribution in [2.75, 3.05) is 6.54 Å². The van der Waals surface area contributed by atoms with Crippen molar-refractivity contribution in [1.82, 2.24) is 0 Å². The molecule has 11 heavy (non-hydrogen) atoms. The summed E-state index contributed by atoms with van der Waals surface area (Å²) in [6, 6.07) is 0. The third kappa shape index (κ3) is 1.39. The van der Waals surface area contributed by atoms with Crippen molar-refractivity contribution in [3.05, 3.63) is 0 Å². The summed E-state index contributed by atoms with van der Waals surface area (Å²) in [6.45, 7) is 1.39. The van der Waals surface area contributed by atoms with Crippen LogP contribution in [-0.2, 0) is 0 Å². The summed E-state index contributed by atoms with van der Waals surface area (Å²) in [4.78, 5) is 0. The molecule has 0 aromatic carbocycles. The SMILES string of the molecule is CC(F)(F)C1(CCN)CCC1. The second-order valence-electron chi connectivity index (χ2n) is 3.56. The first-order valence-electron chi connectivity index (χ1n) is 4.10. The maximum Gasteiger partial charge on any atom is 0.250 e. The summed E-state index contributed by atoms with van der Waals surface area (Å²) in [7, 11) is 0. The van der Waals surface area contributed by atoms with Crippen LogP contribution >= 0.6 is 0 Å². The lowest BCUT2D eigenvalue weighted by atomic mass is 9.63. The van der Waals surface area contributed by atoms with Crippen molar-refractivity contribution >= 4 is 0 Å². The van der Waals surface area contributed by atoms with Crippen LogP contribution in [0.15, 0.2) is 0 Å². The van der Waals surface area contributed by atoms with Gasteiger partial charge in [-0.25, -0.2) is 8.78 Å². The Morgan fingerprint density at radius 3 is 2.09 bits per heavy atom. The molecular weight excluding hydrogens is 148 g/mol. The molecule has 0 saturated heterocycles. The lowest BCUT2D eigenvalue weighted by Gasteiger charge is -2.46. The molecule has 1 rings (SSSR count). The monoisotopic (exact) mass is 163 g/mol. The molecule has 0 aliphatic heterocycles. The Labute approximate surface area is 66.0 Å². The van der Waals surface area contributed by atoms with Gasteiger partial charge in [0.25, 0.3) is 5.92 Å². The highest BCUT2D eigenvalue weighted by Gasteiger charge is 2.52. The van der Waals surface area contributed by atoms with E-state index in [4.69, 9.17) is 5.73 Å². The van der Waals surface area contributed by atoms with Crippen LogP contribution in [0.2, 0.25) is 0 Å². The Balaban J connectivity index is 2.60. The Hall–Kier alpha value is -0.180. The van der Waals surface area contributed by atoms with Gasteiger partial charge in [0.1, 0.15) is 0 Å². The van der Waals surface area contributed by atoms with Crippen LogP contribution in [0.25, 0.3) is 0 Å². The molecule has 0 aromatic rings. The first-order chi connectivity index (χ1) is 5.02. The summed E-state index contributed by atoms with van der Waals surface area (Å²) < 4.78 is 25.9. The molecule has 1 nitrogen and oxygen atoms in total. The molecule has 66 valence electrons. The highest BCUT2D eigenvalue weighted by atomic mass is 19.3. The lowest BCUT2D eigenvalue weighted by molar-refractivity contribution is -0.150. The molecule has 1 aliphatic rings. The Morgan fingerprint density at radius 2 is 2.00 bits per heavy atom. The van der Waals surface area contributed by atoms with E-state index in [0.717, 1.165) is 13.3 Å². The summed E-state index contributed by atoms with van der Waals surface area (Å²) in [5.41, 5.74) is 4.54. The molecule has 0 heterocycles. The lowest BCUT2D eigenvalue weighted by Crippen LogP contribution is -2.45. The zero-order valence-electron chi connectivity index (χ0n) is 6.87. The zero-order chi connectivity index (χ0) is 8.54. The van der Waals surface area contributed by atoms with Crippen molar-refractivity contribution in [2.24, 2.45) is 11.1 Å². The number of hydrogen-bond acceptors (Lipinski definition) is 1. The molecular formula is C8H15F2N. The van der Waals surface area contributed by atoms with E-state index < -0.39 is 11.3 Å². The largest absolute Gasteiger partial charge is 0.330 e. The molecule has 0 radical (unpaired) electrons. The Bertz CT molecular complexity index is 136. The second-order valence-corrected chi connectivity index (χ2v) is 3.56. The van der Waals surface area contributed by atoms with Crippen LogP contribution in [0.1, 0.15) is 32.6 Å². The first-order valence-corrected chi connectivity index (χ1v) is 4.10. The summed E-state index contributed by atoms with van der Waals surface area (Å²) >= 11 is 0. The van der Waals surface area contributed by atoms with Gasteiger partial charge in [0.05, 0.1) is 0 Å². The molecule has 3 heteroatoms. The van der Waals surface area contributed by atoms with E-state index in [2.05, 4.69) is 0 Å². The van der Waals surface area contributed by atoms with Gasteiger partial charge >= 0.3 is 0 Å². The van der Waals surface area contributed by atoms with Crippen molar-refractivity contribution in [2.45, 2.75) is 38.5 Å². The average Bonchev–Trinajstić information content (AvgIpc) is 1.75. The topological polar surface area (TPSA) is 26.0 Å². The molecule has 0 atom stereocenters. The smallest absolute Gasteiger partial charge is 0.250 e. The third-order valence-electron chi connectivity index (χ3n) is 2.86. The molecule has 0 bridgehead atoms. The highest BCUT2D eigenvalue weighted by molar-refractivity contribution is 4.96. The molecule has 0 spiro atoms. The van der Waals surface area contributed by atoms with Gasteiger partial charge in [-0.15, -0.1) is 0 Å². The highest BCUT2D eigenvalue weighted by Crippen LogP contribution is 2.53. The summed E-state index contributed by atoms with van der Waals surface area (Å²) in [5, 5.41) is 0. The van der Waals surface area contributed by atoms with Crippen LogP contribution in [0.4, 0.5) is 8.78 Å². The van der Waals surface area contributed by atoms with Gasteiger partial charge in [-0.1, -0.05) is 6.42 Å². The molecule has 2 N–H and O–H groups in total. The number of halogens is 2. The van der Waals surface area contributed by atoms with Gasteiger partial charge in [-0.3, -0.25) is 0 Å². The molecule has 0 aromatic heterocycles. The van der Waals surface area contributed by atoms with Gasteiger partial charge in [-0.05, 0) is 32.7 Å². The molecule has 0 amide bonds. The quantitative estimate of drug-likeness (QED) is 0.677. The Morgan fingerprint density at radius 1 is 1.45 bits per heavy atom. The van der Waals surface area contributed by atoms with Crippen LogP contribution < -0.4 is 5.73 Å². The van der Waals surface area contributed by atoms with Crippen molar-refractivity contribution in [1.29, 1.82) is 0 Å². The minimum absolute atomic E-state index is 0.378. The van der Waals surface area contributed by atoms with Gasteiger partial charge in [0.15, 0.2) is 0 Å². The van der Waals surface area contributed by atoms with E-state index in [9.17, 15) is 8.78 Å². The molecule has 1 fully saturated rings. The minimum atomic E-state index is -2.54. The van der Waals surface area contributed by atoms with E-state index in [0.29, 0.717) is 25.8 Å². The maximum absolute atomic E-state index is 13.0. The van der Waals surface area contributed by atoms with Crippen LogP contribution in [0, 0.1) is 5.41 Å². The van der Waals surface area contributed by atoms with E-state index in [1.807, 2.05) is 0 Å². The zero-order valence-corrected chi connectivity index (χ0v) is 6.87. The van der Waals surface area contributed by atoms with Gasteiger partial charge in [-0.2, -0.15) is 0 Å². The van der Waals surface area contributed by atoms with Crippen molar-refractivity contribution in [3.63, 3.8) is 0 Å². The van der Waals surface area contributed by atoms with E-state index >= 15 is 0 Å². The number of nitrogens with two attached hydrogens (primary N) is 1. The van der Waals surface area contributed by atoms with Crippen LogP contribution in [0.5, 0.6) is 0 Å².